The molecule has 1 aliphatic rings. The fourth-order valence-corrected chi connectivity index (χ4v) is 5.71. The van der Waals surface area contributed by atoms with Crippen LogP contribution in [0.3, 0.4) is 0 Å². The zero-order valence-electron chi connectivity index (χ0n) is 15.9. The second kappa shape index (κ2) is 7.39. The molecular weight excluding hydrogens is 388 g/mol. The number of benzene rings is 3. The first-order valence-corrected chi connectivity index (χ1v) is 10.9. The van der Waals surface area contributed by atoms with Gasteiger partial charge in [0.2, 0.25) is 5.79 Å². The summed E-state index contributed by atoms with van der Waals surface area (Å²) < 4.78 is 26.9. The van der Waals surface area contributed by atoms with Gasteiger partial charge in [-0.3, -0.25) is 0 Å². The molecule has 2 atom stereocenters. The van der Waals surface area contributed by atoms with E-state index in [9.17, 15) is 13.5 Å². The zero-order chi connectivity index (χ0) is 20.5. The van der Waals surface area contributed by atoms with E-state index in [0.29, 0.717) is 0 Å². The van der Waals surface area contributed by atoms with Gasteiger partial charge in [-0.1, -0.05) is 78.9 Å². The van der Waals surface area contributed by atoms with Gasteiger partial charge in [-0.15, -0.1) is 0 Å². The second-order valence-electron chi connectivity index (χ2n) is 7.33. The van der Waals surface area contributed by atoms with E-state index in [4.69, 9.17) is 9.78 Å². The summed E-state index contributed by atoms with van der Waals surface area (Å²) >= 11 is 0. The fraction of sp³-hybridized carbons (Fsp3) is 0.217. The lowest BCUT2D eigenvalue weighted by molar-refractivity contribution is -0.475. The topological polar surface area (TPSA) is 72.8 Å². The number of aliphatic hydroxyl groups is 1. The normalized spacial score (nSPS) is 24.1. The number of hydrogen-bond acceptors (Lipinski definition) is 5. The smallest absolute Gasteiger partial charge is 0.213 e. The van der Waals surface area contributed by atoms with Gasteiger partial charge in [-0.25, -0.2) is 13.3 Å². The standard InChI is InChI=1S/C23H22O5S/c1-22(24)21(29(25,26)20-15-9-4-10-16-20)17-23(28-27-22,18-11-5-2-6-12-18)19-13-7-3-8-14-19/h2-16,21,24H,17H2,1H3/t21-,22+/m0/s1. The Morgan fingerprint density at radius 3 is 1.72 bits per heavy atom. The third-order valence-electron chi connectivity index (χ3n) is 5.35. The van der Waals surface area contributed by atoms with Gasteiger partial charge in [0.1, 0.15) is 5.25 Å². The maximum absolute atomic E-state index is 13.5. The van der Waals surface area contributed by atoms with E-state index in [2.05, 4.69) is 0 Å². The van der Waals surface area contributed by atoms with Crippen LogP contribution < -0.4 is 0 Å². The van der Waals surface area contributed by atoms with Gasteiger partial charge in [0.15, 0.2) is 15.4 Å². The van der Waals surface area contributed by atoms with E-state index in [1.165, 1.54) is 19.1 Å². The SMILES string of the molecule is C[C@@]1(O)OOC(c2ccccc2)(c2ccccc2)C[C@@H]1S(=O)(=O)c1ccccc1. The van der Waals surface area contributed by atoms with Crippen molar-refractivity contribution in [1.82, 2.24) is 0 Å². The van der Waals surface area contributed by atoms with Gasteiger partial charge in [0.25, 0.3) is 0 Å². The Morgan fingerprint density at radius 1 is 0.793 bits per heavy atom. The summed E-state index contributed by atoms with van der Waals surface area (Å²) in [5.41, 5.74) is 0.307. The Balaban J connectivity index is 1.87. The van der Waals surface area contributed by atoms with Gasteiger partial charge >= 0.3 is 0 Å². The summed E-state index contributed by atoms with van der Waals surface area (Å²) in [4.78, 5) is 11.3. The minimum Gasteiger partial charge on any atom is -0.362 e. The minimum absolute atomic E-state index is 0.00868. The van der Waals surface area contributed by atoms with Crippen molar-refractivity contribution >= 4 is 9.84 Å². The van der Waals surface area contributed by atoms with Gasteiger partial charge < -0.3 is 5.11 Å². The quantitative estimate of drug-likeness (QED) is 0.662. The van der Waals surface area contributed by atoms with Crippen LogP contribution in [0.2, 0.25) is 0 Å². The lowest BCUT2D eigenvalue weighted by Gasteiger charge is -2.45. The molecule has 0 radical (unpaired) electrons. The van der Waals surface area contributed by atoms with E-state index in [-0.39, 0.29) is 11.3 Å². The molecule has 3 aromatic carbocycles. The van der Waals surface area contributed by atoms with Crippen LogP contribution in [0.15, 0.2) is 95.9 Å². The Kier molecular flexibility index (Phi) is 5.04. The van der Waals surface area contributed by atoms with E-state index < -0.39 is 26.5 Å². The van der Waals surface area contributed by atoms with Gasteiger partial charge in [-0.05, 0) is 30.2 Å². The van der Waals surface area contributed by atoms with Crippen molar-refractivity contribution in [3.8, 4) is 0 Å². The largest absolute Gasteiger partial charge is 0.362 e. The summed E-state index contributed by atoms with van der Waals surface area (Å²) in [5.74, 6) is -2.01. The molecule has 29 heavy (non-hydrogen) atoms. The third-order valence-corrected chi connectivity index (χ3v) is 7.63. The van der Waals surface area contributed by atoms with Crippen LogP contribution in [0.5, 0.6) is 0 Å². The molecule has 1 aliphatic heterocycles. The summed E-state index contributed by atoms with van der Waals surface area (Å²) in [7, 11) is -3.91. The minimum atomic E-state index is -3.91. The highest BCUT2D eigenvalue weighted by atomic mass is 32.2. The molecule has 0 amide bonds. The van der Waals surface area contributed by atoms with Crippen LogP contribution in [-0.2, 0) is 25.2 Å². The molecular formula is C23H22O5S. The van der Waals surface area contributed by atoms with Crippen LogP contribution >= 0.6 is 0 Å². The first-order chi connectivity index (χ1) is 13.9. The van der Waals surface area contributed by atoms with Crippen molar-refractivity contribution < 1.29 is 23.3 Å². The predicted molar refractivity (Wildman–Crippen MR) is 108 cm³/mol. The highest BCUT2D eigenvalue weighted by molar-refractivity contribution is 7.92. The Labute approximate surface area is 170 Å². The van der Waals surface area contributed by atoms with E-state index in [1.807, 2.05) is 60.7 Å². The number of rotatable bonds is 4. The monoisotopic (exact) mass is 410 g/mol. The maximum Gasteiger partial charge on any atom is 0.213 e. The number of sulfone groups is 1. The third kappa shape index (κ3) is 3.49. The lowest BCUT2D eigenvalue weighted by Crippen LogP contribution is -2.56. The van der Waals surface area contributed by atoms with Gasteiger partial charge in [-0.2, -0.15) is 4.89 Å². The lowest BCUT2D eigenvalue weighted by atomic mass is 9.81. The predicted octanol–water partition coefficient (Wildman–Crippen LogP) is 3.83. The molecule has 5 nitrogen and oxygen atoms in total. The molecule has 150 valence electrons. The van der Waals surface area contributed by atoms with E-state index >= 15 is 0 Å². The second-order valence-corrected chi connectivity index (χ2v) is 9.46. The first-order valence-electron chi connectivity index (χ1n) is 9.35. The van der Waals surface area contributed by atoms with Crippen molar-refractivity contribution in [3.05, 3.63) is 102 Å². The molecule has 0 saturated carbocycles. The Morgan fingerprint density at radius 2 is 1.24 bits per heavy atom. The first kappa shape index (κ1) is 19.8. The highest BCUT2D eigenvalue weighted by Gasteiger charge is 2.56. The molecule has 6 heteroatoms. The molecule has 1 N–H and O–H groups in total. The van der Waals surface area contributed by atoms with Gasteiger partial charge in [0.05, 0.1) is 4.90 Å². The fourth-order valence-electron chi connectivity index (χ4n) is 3.78. The summed E-state index contributed by atoms with van der Waals surface area (Å²) in [5, 5.41) is 9.59. The highest BCUT2D eigenvalue weighted by Crippen LogP contribution is 2.47. The molecule has 1 saturated heterocycles. The molecule has 0 bridgehead atoms. The molecule has 4 rings (SSSR count). The van der Waals surface area contributed by atoms with Crippen LogP contribution in [0, 0.1) is 0 Å². The molecule has 0 aromatic heterocycles. The van der Waals surface area contributed by atoms with Crippen molar-refractivity contribution in [2.75, 3.05) is 0 Å². The summed E-state index contributed by atoms with van der Waals surface area (Å²) in [6.45, 7) is 1.32. The molecule has 3 aromatic rings. The summed E-state index contributed by atoms with van der Waals surface area (Å²) in [6.07, 6.45) is -0.00868. The van der Waals surface area contributed by atoms with Crippen molar-refractivity contribution in [1.29, 1.82) is 0 Å². The maximum atomic E-state index is 13.5. The molecule has 1 fully saturated rings. The molecule has 0 unspecified atom stereocenters. The Hall–Kier alpha value is -2.51. The molecule has 1 heterocycles. The van der Waals surface area contributed by atoms with Crippen molar-refractivity contribution in [2.24, 2.45) is 0 Å². The zero-order valence-corrected chi connectivity index (χ0v) is 16.7. The number of hydrogen-bond donors (Lipinski definition) is 1. The van der Waals surface area contributed by atoms with Crippen molar-refractivity contribution in [3.63, 3.8) is 0 Å². The molecule has 0 aliphatic carbocycles. The van der Waals surface area contributed by atoms with E-state index in [1.54, 1.807) is 18.2 Å². The Bertz CT molecular complexity index is 1020. The van der Waals surface area contributed by atoms with Crippen molar-refractivity contribution in [2.45, 2.75) is 34.9 Å². The average molecular weight is 410 g/mol. The van der Waals surface area contributed by atoms with Gasteiger partial charge in [0, 0.05) is 6.42 Å². The van der Waals surface area contributed by atoms with Crippen LogP contribution in [0.4, 0.5) is 0 Å². The average Bonchev–Trinajstić information content (AvgIpc) is 2.76. The van der Waals surface area contributed by atoms with Crippen LogP contribution in [-0.4, -0.2) is 24.6 Å². The molecule has 0 spiro atoms. The van der Waals surface area contributed by atoms with Crippen LogP contribution in [0.1, 0.15) is 24.5 Å². The van der Waals surface area contributed by atoms with E-state index in [0.717, 1.165) is 11.1 Å². The summed E-state index contributed by atoms with van der Waals surface area (Å²) in [6, 6.07) is 26.7. The van der Waals surface area contributed by atoms with Crippen LogP contribution in [0.25, 0.3) is 0 Å².